The van der Waals surface area contributed by atoms with Crippen LogP contribution in [-0.4, -0.2) is 21.1 Å². The largest absolute Gasteiger partial charge is 0.452 e. The third-order valence-electron chi connectivity index (χ3n) is 3.19. The minimum atomic E-state index is -0.886. The molecule has 0 saturated carbocycles. The smallest absolute Gasteiger partial charge is 0.345 e. The number of nitrogens with zero attached hydrogens (tertiary/aromatic N) is 3. The lowest BCUT2D eigenvalue weighted by Crippen LogP contribution is -2.08. The average molecular weight is 360 g/mol. The number of benzene rings is 2. The van der Waals surface area contributed by atoms with E-state index in [2.05, 4.69) is 10.2 Å². The van der Waals surface area contributed by atoms with E-state index in [1.807, 2.05) is 18.2 Å². The van der Waals surface area contributed by atoms with Crippen LogP contribution in [-0.2, 0) is 11.3 Å². The summed E-state index contributed by atoms with van der Waals surface area (Å²) in [5, 5.41) is 18.8. The van der Waals surface area contributed by atoms with Gasteiger partial charge in [-0.2, -0.15) is 0 Å². The molecule has 126 valence electrons. The second kappa shape index (κ2) is 7.10. The molecular weight excluding hydrogens is 350 g/mol. The van der Waals surface area contributed by atoms with Crippen LogP contribution in [0.5, 0.6) is 0 Å². The van der Waals surface area contributed by atoms with Crippen LogP contribution in [0.2, 0.25) is 5.02 Å². The number of nitro benzene ring substituents is 1. The molecule has 3 rings (SSSR count). The van der Waals surface area contributed by atoms with Crippen LogP contribution in [0.15, 0.2) is 52.9 Å². The first kappa shape index (κ1) is 16.6. The topological polar surface area (TPSA) is 108 Å². The fourth-order valence-electron chi connectivity index (χ4n) is 2.04. The molecule has 0 aliphatic carbocycles. The Hall–Kier alpha value is -3.26. The molecule has 0 spiro atoms. The van der Waals surface area contributed by atoms with E-state index in [0.717, 1.165) is 11.6 Å². The van der Waals surface area contributed by atoms with Gasteiger partial charge in [-0.1, -0.05) is 29.8 Å². The molecule has 2 aromatic carbocycles. The number of hydrogen-bond acceptors (Lipinski definition) is 7. The summed E-state index contributed by atoms with van der Waals surface area (Å²) in [6.07, 6.45) is 0. The van der Waals surface area contributed by atoms with E-state index in [1.165, 1.54) is 12.1 Å². The van der Waals surface area contributed by atoms with Crippen LogP contribution < -0.4 is 0 Å². The maximum atomic E-state index is 12.1. The van der Waals surface area contributed by atoms with Crippen LogP contribution in [0.4, 0.5) is 5.69 Å². The lowest BCUT2D eigenvalue weighted by molar-refractivity contribution is -0.385. The molecule has 0 bridgehead atoms. The molecule has 0 N–H and O–H groups in total. The number of esters is 1. The van der Waals surface area contributed by atoms with E-state index < -0.39 is 16.6 Å². The van der Waals surface area contributed by atoms with Crippen molar-refractivity contribution in [1.82, 2.24) is 10.2 Å². The lowest BCUT2D eigenvalue weighted by atomic mass is 10.2. The van der Waals surface area contributed by atoms with Crippen LogP contribution in [0.3, 0.4) is 0 Å². The van der Waals surface area contributed by atoms with Gasteiger partial charge < -0.3 is 9.15 Å². The Balaban J connectivity index is 1.71. The SMILES string of the molecule is O=C(OCc1nnc(-c2ccccc2)o1)c1ccc(Cl)cc1[N+](=O)[O-]. The highest BCUT2D eigenvalue weighted by Gasteiger charge is 2.22. The van der Waals surface area contributed by atoms with Gasteiger partial charge >= 0.3 is 5.97 Å². The van der Waals surface area contributed by atoms with E-state index >= 15 is 0 Å². The first-order chi connectivity index (χ1) is 12.0. The molecule has 0 radical (unpaired) electrons. The van der Waals surface area contributed by atoms with E-state index in [0.29, 0.717) is 0 Å². The molecule has 9 heteroatoms. The van der Waals surface area contributed by atoms with Gasteiger partial charge in [-0.25, -0.2) is 4.79 Å². The standard InChI is InChI=1S/C16H10ClN3O5/c17-11-6-7-12(13(8-11)20(22)23)16(21)24-9-14-18-19-15(25-14)10-4-2-1-3-5-10/h1-8H,9H2. The summed E-state index contributed by atoms with van der Waals surface area (Å²) in [6.45, 7) is -0.307. The van der Waals surface area contributed by atoms with Crippen molar-refractivity contribution in [3.63, 3.8) is 0 Å². The monoisotopic (exact) mass is 359 g/mol. The Labute approximate surface area is 146 Å². The molecule has 3 aromatic rings. The molecule has 0 amide bonds. The van der Waals surface area contributed by atoms with Crippen molar-refractivity contribution in [2.75, 3.05) is 0 Å². The molecule has 0 atom stereocenters. The third-order valence-corrected chi connectivity index (χ3v) is 3.43. The highest BCUT2D eigenvalue weighted by atomic mass is 35.5. The zero-order chi connectivity index (χ0) is 17.8. The molecule has 25 heavy (non-hydrogen) atoms. The van der Waals surface area contributed by atoms with E-state index in [9.17, 15) is 14.9 Å². The van der Waals surface area contributed by atoms with Gasteiger partial charge in [-0.3, -0.25) is 10.1 Å². The molecule has 1 heterocycles. The maximum Gasteiger partial charge on any atom is 0.345 e. The quantitative estimate of drug-likeness (QED) is 0.388. The minimum Gasteiger partial charge on any atom is -0.452 e. The number of aromatic nitrogens is 2. The summed E-state index contributed by atoms with van der Waals surface area (Å²) >= 11 is 5.71. The van der Waals surface area contributed by atoms with Crippen molar-refractivity contribution >= 4 is 23.3 Å². The predicted octanol–water partition coefficient (Wildman–Crippen LogP) is 3.66. The Morgan fingerprint density at radius 2 is 1.96 bits per heavy atom. The van der Waals surface area contributed by atoms with Crippen molar-refractivity contribution in [3.8, 4) is 11.5 Å². The number of halogens is 1. The summed E-state index contributed by atoms with van der Waals surface area (Å²) in [5.41, 5.74) is 0.0751. The molecule has 0 unspecified atom stereocenters. The second-order valence-corrected chi connectivity index (χ2v) is 5.30. The van der Waals surface area contributed by atoms with Gasteiger partial charge in [0.1, 0.15) is 5.56 Å². The summed E-state index contributed by atoms with van der Waals surface area (Å²) < 4.78 is 10.4. The van der Waals surface area contributed by atoms with E-state index in [-0.39, 0.29) is 29.0 Å². The Bertz CT molecular complexity index is 927. The Kier molecular flexibility index (Phi) is 4.71. The third kappa shape index (κ3) is 3.81. The van der Waals surface area contributed by atoms with Crippen LogP contribution in [0.25, 0.3) is 11.5 Å². The fourth-order valence-corrected chi connectivity index (χ4v) is 2.21. The number of rotatable bonds is 5. The number of carbonyl (C=O) groups is 1. The fraction of sp³-hybridized carbons (Fsp3) is 0.0625. The first-order valence-electron chi connectivity index (χ1n) is 7.03. The number of hydrogen-bond donors (Lipinski definition) is 0. The summed E-state index contributed by atoms with van der Waals surface area (Å²) in [7, 11) is 0. The second-order valence-electron chi connectivity index (χ2n) is 4.86. The molecular formula is C16H10ClN3O5. The van der Waals surface area contributed by atoms with Gasteiger partial charge in [0, 0.05) is 16.7 Å². The van der Waals surface area contributed by atoms with Crippen molar-refractivity contribution < 1.29 is 18.9 Å². The average Bonchev–Trinajstić information content (AvgIpc) is 3.09. The summed E-state index contributed by atoms with van der Waals surface area (Å²) in [6, 6.07) is 12.7. The van der Waals surface area contributed by atoms with E-state index in [4.69, 9.17) is 20.8 Å². The molecule has 0 saturated heterocycles. The highest BCUT2D eigenvalue weighted by Crippen LogP contribution is 2.24. The summed E-state index contributed by atoms with van der Waals surface area (Å²) in [4.78, 5) is 22.4. The van der Waals surface area contributed by atoms with Crippen LogP contribution >= 0.6 is 11.6 Å². The van der Waals surface area contributed by atoms with Gasteiger partial charge in [0.2, 0.25) is 5.89 Å². The maximum absolute atomic E-state index is 12.1. The first-order valence-corrected chi connectivity index (χ1v) is 7.41. The van der Waals surface area contributed by atoms with Gasteiger partial charge in [0.15, 0.2) is 6.61 Å². The number of ether oxygens (including phenoxy) is 1. The van der Waals surface area contributed by atoms with Crippen molar-refractivity contribution in [2.45, 2.75) is 6.61 Å². The van der Waals surface area contributed by atoms with Gasteiger partial charge in [-0.05, 0) is 24.3 Å². The van der Waals surface area contributed by atoms with Crippen molar-refractivity contribution in [1.29, 1.82) is 0 Å². The van der Waals surface area contributed by atoms with E-state index in [1.54, 1.807) is 12.1 Å². The number of carbonyl (C=O) groups excluding carboxylic acids is 1. The molecule has 0 aliphatic rings. The molecule has 8 nitrogen and oxygen atoms in total. The van der Waals surface area contributed by atoms with Crippen LogP contribution in [0, 0.1) is 10.1 Å². The highest BCUT2D eigenvalue weighted by molar-refractivity contribution is 6.31. The Morgan fingerprint density at radius 1 is 1.20 bits per heavy atom. The van der Waals surface area contributed by atoms with Crippen LogP contribution in [0.1, 0.15) is 16.2 Å². The zero-order valence-corrected chi connectivity index (χ0v) is 13.3. The summed E-state index contributed by atoms with van der Waals surface area (Å²) in [5.74, 6) is -0.532. The lowest BCUT2D eigenvalue weighted by Gasteiger charge is -2.03. The zero-order valence-electron chi connectivity index (χ0n) is 12.6. The van der Waals surface area contributed by atoms with Gasteiger partial charge in [0.05, 0.1) is 4.92 Å². The van der Waals surface area contributed by atoms with Gasteiger partial charge in [-0.15, -0.1) is 10.2 Å². The van der Waals surface area contributed by atoms with Gasteiger partial charge in [0.25, 0.3) is 11.6 Å². The van der Waals surface area contributed by atoms with Crippen molar-refractivity contribution in [2.24, 2.45) is 0 Å². The molecule has 1 aromatic heterocycles. The number of nitro groups is 1. The Morgan fingerprint density at radius 3 is 2.68 bits per heavy atom. The normalized spacial score (nSPS) is 10.4. The molecule has 0 fully saturated rings. The predicted molar refractivity (Wildman–Crippen MR) is 87.0 cm³/mol. The van der Waals surface area contributed by atoms with Crippen molar-refractivity contribution in [3.05, 3.63) is 75.1 Å². The minimum absolute atomic E-state index is 0.0730. The molecule has 0 aliphatic heterocycles.